The van der Waals surface area contributed by atoms with Crippen LogP contribution in [0.25, 0.3) is 0 Å². The van der Waals surface area contributed by atoms with Gasteiger partial charge < -0.3 is 5.11 Å². The lowest BCUT2D eigenvalue weighted by Gasteiger charge is -2.03. The predicted molar refractivity (Wildman–Crippen MR) is 29.0 cm³/mol. The quantitative estimate of drug-likeness (QED) is 0.297. The van der Waals surface area contributed by atoms with Gasteiger partial charge in [0.25, 0.3) is 0 Å². The van der Waals surface area contributed by atoms with Crippen LogP contribution in [0.15, 0.2) is 5.10 Å². The minimum atomic E-state index is -0.530. The molecule has 0 amide bonds. The Kier molecular flexibility index (Phi) is 3.32. The van der Waals surface area contributed by atoms with Gasteiger partial charge in [-0.15, -0.1) is 0 Å². The van der Waals surface area contributed by atoms with E-state index < -0.39 is 6.23 Å². The van der Waals surface area contributed by atoms with Gasteiger partial charge in [-0.3, -0.25) is 5.43 Å². The summed E-state index contributed by atoms with van der Waals surface area (Å²) < 4.78 is 0. The van der Waals surface area contributed by atoms with E-state index in [4.69, 9.17) is 5.11 Å². The van der Waals surface area contributed by atoms with Crippen molar-refractivity contribution in [3.05, 3.63) is 0 Å². The molecule has 0 aromatic heterocycles. The fraction of sp³-hybridized carbons (Fsp3) is 0.750. The summed E-state index contributed by atoms with van der Waals surface area (Å²) in [6.45, 7) is 4.98. The Balaban J connectivity index is 2.98. The van der Waals surface area contributed by atoms with Gasteiger partial charge >= 0.3 is 0 Å². The molecule has 0 aromatic rings. The predicted octanol–water partition coefficient (Wildman–Crippen LogP) is -0.0800. The van der Waals surface area contributed by atoms with E-state index in [0.29, 0.717) is 6.42 Å². The molecule has 0 unspecified atom stereocenters. The van der Waals surface area contributed by atoms with Crippen LogP contribution in [-0.2, 0) is 0 Å². The summed E-state index contributed by atoms with van der Waals surface area (Å²) in [5.74, 6) is 0. The van der Waals surface area contributed by atoms with Crippen LogP contribution in [0.5, 0.6) is 0 Å². The third-order valence-corrected chi connectivity index (χ3v) is 0.627. The van der Waals surface area contributed by atoms with Crippen molar-refractivity contribution in [1.29, 1.82) is 0 Å². The third kappa shape index (κ3) is 3.26. The Bertz CT molecular complexity index is 55.7. The molecule has 0 rings (SSSR count). The van der Waals surface area contributed by atoms with Gasteiger partial charge in [0.15, 0.2) is 0 Å². The Morgan fingerprint density at radius 1 is 2.00 bits per heavy atom. The number of hydrogen-bond donors (Lipinski definition) is 2. The van der Waals surface area contributed by atoms with E-state index >= 15 is 0 Å². The summed E-state index contributed by atoms with van der Waals surface area (Å²) in [7, 11) is 0. The molecule has 0 saturated carbocycles. The van der Waals surface area contributed by atoms with Crippen molar-refractivity contribution < 1.29 is 5.11 Å². The second kappa shape index (κ2) is 3.61. The maximum Gasteiger partial charge on any atom is 0.139 e. The summed E-state index contributed by atoms with van der Waals surface area (Å²) in [6, 6.07) is 0. The molecule has 0 aliphatic rings. The number of aliphatic hydroxyl groups is 1. The largest absolute Gasteiger partial charge is 0.372 e. The van der Waals surface area contributed by atoms with Gasteiger partial charge in [-0.2, -0.15) is 5.10 Å². The molecule has 7 heavy (non-hydrogen) atoms. The molecule has 0 bridgehead atoms. The maximum atomic E-state index is 8.61. The standard InChI is InChI=1S/C4H10N2O/c1-3-4(7)6-5-2/h4,6-7H,2-3H2,1H3/t4-/m0/s1. The molecule has 1 atom stereocenters. The number of hydrogen-bond acceptors (Lipinski definition) is 3. The molecule has 3 heteroatoms. The van der Waals surface area contributed by atoms with Gasteiger partial charge in [0.1, 0.15) is 6.23 Å². The Morgan fingerprint density at radius 2 is 2.57 bits per heavy atom. The van der Waals surface area contributed by atoms with Gasteiger partial charge in [0.2, 0.25) is 0 Å². The third-order valence-electron chi connectivity index (χ3n) is 0.627. The Morgan fingerprint density at radius 3 is 2.71 bits per heavy atom. The number of nitrogens with zero attached hydrogens (tertiary/aromatic N) is 1. The van der Waals surface area contributed by atoms with Crippen molar-refractivity contribution in [3.63, 3.8) is 0 Å². The van der Waals surface area contributed by atoms with Gasteiger partial charge in [0.05, 0.1) is 0 Å². The molecule has 0 fully saturated rings. The molecule has 0 heterocycles. The van der Waals surface area contributed by atoms with Crippen molar-refractivity contribution in [2.24, 2.45) is 5.10 Å². The molecule has 42 valence electrons. The first-order valence-corrected chi connectivity index (χ1v) is 2.20. The van der Waals surface area contributed by atoms with Gasteiger partial charge in [0, 0.05) is 6.72 Å². The summed E-state index contributed by atoms with van der Waals surface area (Å²) in [5, 5.41) is 11.9. The van der Waals surface area contributed by atoms with Gasteiger partial charge in [-0.1, -0.05) is 6.92 Å². The second-order valence-electron chi connectivity index (χ2n) is 1.21. The number of aliphatic hydroxyl groups excluding tert-OH is 1. The summed E-state index contributed by atoms with van der Waals surface area (Å²) in [6.07, 6.45) is 0.122. The smallest absolute Gasteiger partial charge is 0.139 e. The number of hydrazone groups is 1. The summed E-state index contributed by atoms with van der Waals surface area (Å²) in [5.41, 5.74) is 2.36. The maximum absolute atomic E-state index is 8.61. The van der Waals surface area contributed by atoms with E-state index in [1.54, 1.807) is 0 Å². The summed E-state index contributed by atoms with van der Waals surface area (Å²) in [4.78, 5) is 0. The van der Waals surface area contributed by atoms with Crippen molar-refractivity contribution >= 4 is 6.72 Å². The monoisotopic (exact) mass is 102 g/mol. The molecule has 0 aliphatic carbocycles. The van der Waals surface area contributed by atoms with Crippen molar-refractivity contribution in [1.82, 2.24) is 5.43 Å². The average molecular weight is 102 g/mol. The molecular weight excluding hydrogens is 92.1 g/mol. The van der Waals surface area contributed by atoms with Crippen molar-refractivity contribution in [2.75, 3.05) is 0 Å². The van der Waals surface area contributed by atoms with Crippen LogP contribution in [0.3, 0.4) is 0 Å². The number of nitrogens with one attached hydrogen (secondary N) is 1. The molecule has 0 aliphatic heterocycles. The van der Waals surface area contributed by atoms with Crippen molar-refractivity contribution in [3.8, 4) is 0 Å². The summed E-state index contributed by atoms with van der Waals surface area (Å²) >= 11 is 0. The van der Waals surface area contributed by atoms with Crippen LogP contribution in [0.2, 0.25) is 0 Å². The molecule has 3 nitrogen and oxygen atoms in total. The molecular formula is C4H10N2O. The van der Waals surface area contributed by atoms with E-state index in [9.17, 15) is 0 Å². The van der Waals surface area contributed by atoms with Gasteiger partial charge in [-0.05, 0) is 6.42 Å². The highest BCUT2D eigenvalue weighted by Gasteiger charge is 1.90. The minimum Gasteiger partial charge on any atom is -0.372 e. The zero-order chi connectivity index (χ0) is 5.70. The van der Waals surface area contributed by atoms with Crippen LogP contribution < -0.4 is 5.43 Å². The zero-order valence-electron chi connectivity index (χ0n) is 4.39. The zero-order valence-corrected chi connectivity index (χ0v) is 4.39. The van der Waals surface area contributed by atoms with E-state index in [1.165, 1.54) is 0 Å². The van der Waals surface area contributed by atoms with Crippen LogP contribution in [-0.4, -0.2) is 18.1 Å². The van der Waals surface area contributed by atoms with Crippen LogP contribution in [0, 0.1) is 0 Å². The first-order valence-electron chi connectivity index (χ1n) is 2.20. The topological polar surface area (TPSA) is 44.6 Å². The molecule has 0 radical (unpaired) electrons. The van der Waals surface area contributed by atoms with Crippen molar-refractivity contribution in [2.45, 2.75) is 19.6 Å². The lowest BCUT2D eigenvalue weighted by atomic mass is 10.4. The number of rotatable bonds is 3. The Hall–Kier alpha value is -0.570. The average Bonchev–Trinajstić information content (AvgIpc) is 1.68. The second-order valence-corrected chi connectivity index (χ2v) is 1.21. The van der Waals surface area contributed by atoms with Crippen LogP contribution >= 0.6 is 0 Å². The minimum absolute atomic E-state index is 0.530. The highest BCUT2D eigenvalue weighted by atomic mass is 16.3. The molecule has 0 spiro atoms. The lowest BCUT2D eigenvalue weighted by molar-refractivity contribution is 0.135. The first kappa shape index (κ1) is 6.43. The fourth-order valence-electron chi connectivity index (χ4n) is 0.197. The lowest BCUT2D eigenvalue weighted by Crippen LogP contribution is -2.21. The molecule has 0 aromatic carbocycles. The van der Waals surface area contributed by atoms with Gasteiger partial charge in [-0.25, -0.2) is 0 Å². The first-order chi connectivity index (χ1) is 3.31. The van der Waals surface area contributed by atoms with E-state index in [-0.39, 0.29) is 0 Å². The van der Waals surface area contributed by atoms with Crippen LogP contribution in [0.1, 0.15) is 13.3 Å². The van der Waals surface area contributed by atoms with E-state index in [2.05, 4.69) is 17.2 Å². The van der Waals surface area contributed by atoms with E-state index in [1.807, 2.05) is 6.92 Å². The normalized spacial score (nSPS) is 12.9. The SMILES string of the molecule is C=NN[C@@H](O)CC. The Labute approximate surface area is 43.0 Å². The van der Waals surface area contributed by atoms with Crippen LogP contribution in [0.4, 0.5) is 0 Å². The highest BCUT2D eigenvalue weighted by molar-refractivity contribution is 5.22. The van der Waals surface area contributed by atoms with E-state index in [0.717, 1.165) is 0 Å². The molecule has 0 saturated heterocycles. The molecule has 2 N–H and O–H groups in total. The fourth-order valence-corrected chi connectivity index (χ4v) is 0.197. The highest BCUT2D eigenvalue weighted by Crippen LogP contribution is 1.80.